The van der Waals surface area contributed by atoms with Gasteiger partial charge >= 0.3 is 12.1 Å². The number of likely N-dealkylation sites (tertiary alicyclic amines) is 1. The molecule has 2 N–H and O–H groups in total. The fourth-order valence-corrected chi connectivity index (χ4v) is 4.15. The smallest absolute Gasteiger partial charge is 0.490 e. The number of carboxylic acid groups (broad SMARTS) is 1. The van der Waals surface area contributed by atoms with Crippen molar-refractivity contribution in [3.8, 4) is 5.75 Å². The van der Waals surface area contributed by atoms with Crippen molar-refractivity contribution in [1.82, 2.24) is 20.0 Å². The summed E-state index contributed by atoms with van der Waals surface area (Å²) in [7, 11) is 0. The Hall–Kier alpha value is -2.86. The fourth-order valence-electron chi connectivity index (χ4n) is 4.15. The molecule has 1 aromatic rings. The van der Waals surface area contributed by atoms with Gasteiger partial charge < -0.3 is 29.9 Å². The van der Waals surface area contributed by atoms with Crippen LogP contribution in [0.4, 0.5) is 13.2 Å². The Morgan fingerprint density at radius 1 is 1.03 bits per heavy atom. The summed E-state index contributed by atoms with van der Waals surface area (Å²) in [6, 6.07) is 7.31. The van der Waals surface area contributed by atoms with Crippen molar-refractivity contribution in [3.63, 3.8) is 0 Å². The Kier molecular flexibility index (Phi) is 12.6. The summed E-state index contributed by atoms with van der Waals surface area (Å²) in [5.74, 6) is -1.86. The first-order valence-corrected chi connectivity index (χ1v) is 12.6. The van der Waals surface area contributed by atoms with Gasteiger partial charge in [-0.15, -0.1) is 0 Å². The summed E-state index contributed by atoms with van der Waals surface area (Å²) >= 11 is 0. The molecule has 2 saturated heterocycles. The van der Waals surface area contributed by atoms with Crippen LogP contribution in [-0.4, -0.2) is 109 Å². The van der Waals surface area contributed by atoms with E-state index in [0.29, 0.717) is 31.7 Å². The first-order valence-electron chi connectivity index (χ1n) is 12.6. The summed E-state index contributed by atoms with van der Waals surface area (Å²) in [6.45, 7) is 10.2. The van der Waals surface area contributed by atoms with Gasteiger partial charge in [0.1, 0.15) is 5.75 Å². The first-order chi connectivity index (χ1) is 17.6. The first kappa shape index (κ1) is 30.4. The Morgan fingerprint density at radius 3 is 2.16 bits per heavy atom. The number of carbonyl (C=O) groups excluding carboxylic acids is 2. The predicted molar refractivity (Wildman–Crippen MR) is 132 cm³/mol. The summed E-state index contributed by atoms with van der Waals surface area (Å²) in [6.07, 6.45) is -1.22. The highest BCUT2D eigenvalue weighted by Crippen LogP contribution is 2.15. The molecule has 0 atom stereocenters. The highest BCUT2D eigenvalue weighted by atomic mass is 19.4. The van der Waals surface area contributed by atoms with Crippen molar-refractivity contribution in [2.75, 3.05) is 65.5 Å². The number of rotatable bonds is 10. The van der Waals surface area contributed by atoms with Crippen LogP contribution < -0.4 is 10.1 Å². The topological polar surface area (TPSA) is 102 Å². The van der Waals surface area contributed by atoms with E-state index in [-0.39, 0.29) is 11.8 Å². The van der Waals surface area contributed by atoms with Gasteiger partial charge in [0.2, 0.25) is 5.91 Å². The molecule has 3 rings (SSSR count). The van der Waals surface area contributed by atoms with Crippen LogP contribution in [-0.2, 0) is 9.59 Å². The number of carbonyl (C=O) groups is 3. The molecule has 2 fully saturated rings. The van der Waals surface area contributed by atoms with Crippen LogP contribution in [0.1, 0.15) is 43.0 Å². The number of carboxylic acids is 1. The normalized spacial score (nSPS) is 16.1. The van der Waals surface area contributed by atoms with Crippen molar-refractivity contribution in [2.24, 2.45) is 0 Å². The van der Waals surface area contributed by atoms with Gasteiger partial charge in [-0.1, -0.05) is 0 Å². The molecule has 9 nitrogen and oxygen atoms in total. The molecule has 0 radical (unpaired) electrons. The number of nitrogens with one attached hydrogen (secondary N) is 1. The van der Waals surface area contributed by atoms with E-state index >= 15 is 0 Å². The van der Waals surface area contributed by atoms with Crippen molar-refractivity contribution in [2.45, 2.75) is 38.8 Å². The number of alkyl halides is 3. The van der Waals surface area contributed by atoms with Gasteiger partial charge in [-0.2, -0.15) is 13.2 Å². The fraction of sp³-hybridized carbons (Fsp3) is 0.640. The minimum absolute atomic E-state index is 0.00687. The number of nitrogens with zero attached hydrogens (tertiary/aromatic N) is 3. The number of ether oxygens (including phenoxy) is 1. The summed E-state index contributed by atoms with van der Waals surface area (Å²) in [5.41, 5.74) is 0.647. The molecular weight excluding hydrogens is 493 g/mol. The van der Waals surface area contributed by atoms with Crippen LogP contribution in [0, 0.1) is 0 Å². The molecule has 0 unspecified atom stereocenters. The third-order valence-electron chi connectivity index (χ3n) is 6.11. The minimum Gasteiger partial charge on any atom is -0.494 e. The monoisotopic (exact) mass is 530 g/mol. The van der Waals surface area contributed by atoms with Crippen LogP contribution >= 0.6 is 0 Å². The lowest BCUT2D eigenvalue weighted by Gasteiger charge is -2.29. The number of amides is 2. The van der Waals surface area contributed by atoms with Crippen LogP contribution in [0.15, 0.2) is 24.3 Å². The quantitative estimate of drug-likeness (QED) is 0.479. The minimum atomic E-state index is -5.08. The molecule has 0 saturated carbocycles. The second-order valence-corrected chi connectivity index (χ2v) is 8.84. The lowest BCUT2D eigenvalue weighted by molar-refractivity contribution is -0.192. The summed E-state index contributed by atoms with van der Waals surface area (Å²) < 4.78 is 37.2. The Balaban J connectivity index is 0.000000604. The van der Waals surface area contributed by atoms with Crippen molar-refractivity contribution in [3.05, 3.63) is 29.8 Å². The van der Waals surface area contributed by atoms with Crippen LogP contribution in [0.2, 0.25) is 0 Å². The SMILES string of the molecule is CCOc1ccc(C(=O)N(CCCN2CCCC2)CCC(=O)N2CCNCC2)cc1.O=C(O)C(F)(F)F. The van der Waals surface area contributed by atoms with Gasteiger partial charge in [0.25, 0.3) is 5.91 Å². The molecule has 2 aliphatic rings. The van der Waals surface area contributed by atoms with Gasteiger partial charge in [-0.05, 0) is 70.1 Å². The standard InChI is InChI=1S/C23H36N4O3.C2HF3O2/c1-2-30-21-8-6-20(7-9-21)23(29)27(16-5-15-25-13-3-4-14-25)17-10-22(28)26-18-11-24-12-19-26;3-2(4,5)1(6)7/h6-9,24H,2-5,10-19H2,1H3;(H,6,7). The van der Waals surface area contributed by atoms with E-state index in [1.54, 1.807) is 0 Å². The van der Waals surface area contributed by atoms with Crippen LogP contribution in [0.5, 0.6) is 5.75 Å². The molecular formula is C25H37F3N4O5. The Morgan fingerprint density at radius 2 is 1.62 bits per heavy atom. The third kappa shape index (κ3) is 11.0. The average molecular weight is 531 g/mol. The number of hydrogen-bond donors (Lipinski definition) is 2. The molecule has 0 spiro atoms. The van der Waals surface area contributed by atoms with E-state index < -0.39 is 12.1 Å². The van der Waals surface area contributed by atoms with E-state index in [4.69, 9.17) is 14.6 Å². The maximum atomic E-state index is 13.2. The van der Waals surface area contributed by atoms with Crippen molar-refractivity contribution in [1.29, 1.82) is 0 Å². The maximum absolute atomic E-state index is 13.2. The van der Waals surface area contributed by atoms with E-state index in [0.717, 1.165) is 58.0 Å². The van der Waals surface area contributed by atoms with Crippen molar-refractivity contribution >= 4 is 17.8 Å². The third-order valence-corrected chi connectivity index (χ3v) is 6.11. The highest BCUT2D eigenvalue weighted by Gasteiger charge is 2.38. The molecule has 0 aromatic heterocycles. The Labute approximate surface area is 215 Å². The van der Waals surface area contributed by atoms with Gasteiger partial charge in [-0.25, -0.2) is 4.79 Å². The molecule has 2 heterocycles. The molecule has 12 heteroatoms. The van der Waals surface area contributed by atoms with Gasteiger partial charge in [0.15, 0.2) is 0 Å². The van der Waals surface area contributed by atoms with E-state index in [1.807, 2.05) is 41.0 Å². The molecule has 208 valence electrons. The second kappa shape index (κ2) is 15.4. The van der Waals surface area contributed by atoms with Gasteiger partial charge in [-0.3, -0.25) is 9.59 Å². The highest BCUT2D eigenvalue weighted by molar-refractivity contribution is 5.94. The molecule has 37 heavy (non-hydrogen) atoms. The number of piperazine rings is 1. The summed E-state index contributed by atoms with van der Waals surface area (Å²) in [5, 5.41) is 10.4. The molecule has 0 aliphatic carbocycles. The summed E-state index contributed by atoms with van der Waals surface area (Å²) in [4.78, 5) is 40.9. The van der Waals surface area contributed by atoms with Crippen LogP contribution in [0.25, 0.3) is 0 Å². The lowest BCUT2D eigenvalue weighted by Crippen LogP contribution is -2.47. The molecule has 2 aliphatic heterocycles. The van der Waals surface area contributed by atoms with Crippen molar-refractivity contribution < 1.29 is 37.4 Å². The van der Waals surface area contributed by atoms with E-state index in [9.17, 15) is 22.8 Å². The number of hydrogen-bond acceptors (Lipinski definition) is 6. The van der Waals surface area contributed by atoms with E-state index in [1.165, 1.54) is 12.8 Å². The lowest BCUT2D eigenvalue weighted by atomic mass is 10.1. The molecule has 0 bridgehead atoms. The second-order valence-electron chi connectivity index (χ2n) is 8.84. The van der Waals surface area contributed by atoms with Gasteiger partial charge in [0.05, 0.1) is 6.61 Å². The maximum Gasteiger partial charge on any atom is 0.490 e. The number of aliphatic carboxylic acids is 1. The zero-order valence-corrected chi connectivity index (χ0v) is 21.3. The zero-order valence-electron chi connectivity index (χ0n) is 21.3. The predicted octanol–water partition coefficient (Wildman–Crippen LogP) is 2.47. The zero-order chi connectivity index (χ0) is 27.3. The van der Waals surface area contributed by atoms with E-state index in [2.05, 4.69) is 10.2 Å². The Bertz CT molecular complexity index is 855. The molecule has 2 amide bonds. The number of benzene rings is 1. The average Bonchev–Trinajstić information content (AvgIpc) is 3.40. The van der Waals surface area contributed by atoms with Crippen LogP contribution in [0.3, 0.4) is 0 Å². The largest absolute Gasteiger partial charge is 0.494 e. The molecule has 1 aromatic carbocycles. The number of halogens is 3. The van der Waals surface area contributed by atoms with Gasteiger partial charge in [0, 0.05) is 51.3 Å².